The molecule has 0 aliphatic carbocycles. The van der Waals surface area contributed by atoms with E-state index in [9.17, 15) is 4.79 Å². The van der Waals surface area contributed by atoms with Crippen molar-refractivity contribution >= 4 is 17.4 Å². The van der Waals surface area contributed by atoms with E-state index in [2.05, 4.69) is 38.1 Å². The average molecular weight is 363 g/mol. The predicted molar refractivity (Wildman–Crippen MR) is 97.9 cm³/mol. The molecule has 1 amide bonds. The third kappa shape index (κ3) is 4.07. The van der Waals surface area contributed by atoms with Crippen molar-refractivity contribution in [3.8, 4) is 0 Å². The summed E-state index contributed by atoms with van der Waals surface area (Å²) in [6, 6.07) is 0. The van der Waals surface area contributed by atoms with Crippen LogP contribution in [-0.2, 0) is 13.0 Å². The van der Waals surface area contributed by atoms with E-state index in [0.29, 0.717) is 10.8 Å². The van der Waals surface area contributed by atoms with E-state index < -0.39 is 0 Å². The predicted octanol–water partition coefficient (Wildman–Crippen LogP) is 1.88. The van der Waals surface area contributed by atoms with Crippen LogP contribution in [0.25, 0.3) is 0 Å². The van der Waals surface area contributed by atoms with Gasteiger partial charge in [0, 0.05) is 44.5 Å². The van der Waals surface area contributed by atoms with Crippen LogP contribution in [0.4, 0.5) is 0 Å². The Hall–Kier alpha value is -1.80. The summed E-state index contributed by atoms with van der Waals surface area (Å²) in [6.07, 6.45) is 6.73. The highest BCUT2D eigenvalue weighted by Crippen LogP contribution is 2.27. The van der Waals surface area contributed by atoms with Gasteiger partial charge in [-0.3, -0.25) is 4.79 Å². The second kappa shape index (κ2) is 8.05. The lowest BCUT2D eigenvalue weighted by Crippen LogP contribution is -2.40. The van der Waals surface area contributed by atoms with Crippen LogP contribution in [-0.4, -0.2) is 68.6 Å². The summed E-state index contributed by atoms with van der Waals surface area (Å²) < 4.78 is 6.18. The molecule has 7 nitrogen and oxygen atoms in total. The summed E-state index contributed by atoms with van der Waals surface area (Å²) in [6.45, 7) is 5.43. The fourth-order valence-corrected chi connectivity index (χ4v) is 4.01. The SMILES string of the molecule is CCc1nnsc1C(=O)N1CCC[C@H](c2nccn2CCN(C)C)C1. The number of hydrogen-bond acceptors (Lipinski definition) is 6. The van der Waals surface area contributed by atoms with Crippen LogP contribution in [0.15, 0.2) is 12.4 Å². The zero-order valence-electron chi connectivity index (χ0n) is 15.2. The van der Waals surface area contributed by atoms with Crippen LogP contribution in [0.2, 0.25) is 0 Å². The van der Waals surface area contributed by atoms with Crippen molar-refractivity contribution in [3.05, 3.63) is 28.8 Å². The number of amides is 1. The first-order valence-electron chi connectivity index (χ1n) is 8.86. The Bertz CT molecular complexity index is 710. The first-order chi connectivity index (χ1) is 12.1. The van der Waals surface area contributed by atoms with Gasteiger partial charge in [-0.1, -0.05) is 11.4 Å². The number of carbonyl (C=O) groups excluding carboxylic acids is 1. The molecule has 2 aromatic heterocycles. The summed E-state index contributed by atoms with van der Waals surface area (Å²) in [4.78, 5) is 22.3. The van der Waals surface area contributed by atoms with Crippen molar-refractivity contribution in [2.75, 3.05) is 33.7 Å². The minimum atomic E-state index is 0.0722. The molecule has 3 rings (SSSR count). The van der Waals surface area contributed by atoms with Gasteiger partial charge in [-0.05, 0) is 44.9 Å². The van der Waals surface area contributed by atoms with Crippen molar-refractivity contribution in [3.63, 3.8) is 0 Å². The molecule has 1 aliphatic heterocycles. The van der Waals surface area contributed by atoms with Gasteiger partial charge < -0.3 is 14.4 Å². The zero-order valence-corrected chi connectivity index (χ0v) is 16.0. The molecule has 1 fully saturated rings. The highest BCUT2D eigenvalue weighted by molar-refractivity contribution is 7.08. The van der Waals surface area contributed by atoms with Gasteiger partial charge in [-0.15, -0.1) is 5.10 Å². The Labute approximate surface area is 152 Å². The third-order valence-electron chi connectivity index (χ3n) is 4.69. The number of carbonyl (C=O) groups is 1. The van der Waals surface area contributed by atoms with Crippen molar-refractivity contribution in [2.45, 2.75) is 38.6 Å². The van der Waals surface area contributed by atoms with E-state index >= 15 is 0 Å². The zero-order chi connectivity index (χ0) is 17.8. The lowest BCUT2D eigenvalue weighted by Gasteiger charge is -2.32. The van der Waals surface area contributed by atoms with Gasteiger partial charge in [0.25, 0.3) is 5.91 Å². The highest BCUT2D eigenvalue weighted by atomic mass is 32.1. The molecule has 0 radical (unpaired) electrons. The Morgan fingerprint density at radius 3 is 3.04 bits per heavy atom. The number of nitrogens with zero attached hydrogens (tertiary/aromatic N) is 6. The summed E-state index contributed by atoms with van der Waals surface area (Å²) >= 11 is 1.21. The van der Waals surface area contributed by atoms with E-state index in [0.717, 1.165) is 57.0 Å². The largest absolute Gasteiger partial charge is 0.337 e. The van der Waals surface area contributed by atoms with E-state index in [1.807, 2.05) is 24.2 Å². The Morgan fingerprint density at radius 1 is 1.44 bits per heavy atom. The lowest BCUT2D eigenvalue weighted by atomic mass is 9.96. The van der Waals surface area contributed by atoms with E-state index in [4.69, 9.17) is 0 Å². The molecule has 1 aliphatic rings. The fourth-order valence-electron chi connectivity index (χ4n) is 3.30. The van der Waals surface area contributed by atoms with Gasteiger partial charge in [0.05, 0.1) is 5.69 Å². The van der Waals surface area contributed by atoms with Crippen LogP contribution >= 0.6 is 11.5 Å². The second-order valence-electron chi connectivity index (χ2n) is 6.77. The first kappa shape index (κ1) is 18.0. The number of aromatic nitrogens is 4. The van der Waals surface area contributed by atoms with Crippen LogP contribution in [0, 0.1) is 0 Å². The van der Waals surface area contributed by atoms with Crippen molar-refractivity contribution < 1.29 is 4.79 Å². The van der Waals surface area contributed by atoms with E-state index in [-0.39, 0.29) is 5.91 Å². The molecular formula is C17H26N6OS. The molecule has 0 bridgehead atoms. The smallest absolute Gasteiger partial charge is 0.267 e. The Kier molecular flexibility index (Phi) is 5.80. The van der Waals surface area contributed by atoms with Crippen molar-refractivity contribution in [1.29, 1.82) is 0 Å². The summed E-state index contributed by atoms with van der Waals surface area (Å²) in [5.74, 6) is 1.46. The quantitative estimate of drug-likeness (QED) is 0.785. The maximum Gasteiger partial charge on any atom is 0.267 e. The van der Waals surface area contributed by atoms with Crippen molar-refractivity contribution in [2.24, 2.45) is 0 Å². The standard InChI is InChI=1S/C17H26N6OS/c1-4-14-15(25-20-19-14)17(24)23-8-5-6-13(12-23)16-18-7-9-22(16)11-10-21(2)3/h7,9,13H,4-6,8,10-12H2,1-3H3/t13-/m0/s1. The molecule has 0 spiro atoms. The topological polar surface area (TPSA) is 67.2 Å². The molecule has 8 heteroatoms. The fraction of sp³-hybridized carbons (Fsp3) is 0.647. The van der Waals surface area contributed by atoms with Gasteiger partial charge in [-0.25, -0.2) is 4.98 Å². The normalized spacial score (nSPS) is 18.1. The number of aryl methyl sites for hydroxylation is 1. The second-order valence-corrected chi connectivity index (χ2v) is 7.53. The van der Waals surface area contributed by atoms with Gasteiger partial charge in [0.1, 0.15) is 10.7 Å². The maximum absolute atomic E-state index is 12.9. The first-order valence-corrected chi connectivity index (χ1v) is 9.63. The van der Waals surface area contributed by atoms with Crippen LogP contribution < -0.4 is 0 Å². The number of imidazole rings is 1. The minimum Gasteiger partial charge on any atom is -0.337 e. The van der Waals surface area contributed by atoms with Crippen LogP contribution in [0.1, 0.15) is 46.9 Å². The minimum absolute atomic E-state index is 0.0722. The van der Waals surface area contributed by atoms with Crippen LogP contribution in [0.3, 0.4) is 0 Å². The average Bonchev–Trinajstić information content (AvgIpc) is 3.28. The molecule has 25 heavy (non-hydrogen) atoms. The summed E-state index contributed by atoms with van der Waals surface area (Å²) in [5.41, 5.74) is 0.810. The number of likely N-dealkylation sites (tertiary alicyclic amines) is 1. The van der Waals surface area contributed by atoms with Gasteiger partial charge in [0.2, 0.25) is 0 Å². The van der Waals surface area contributed by atoms with E-state index in [1.54, 1.807) is 0 Å². The molecule has 0 unspecified atom stereocenters. The molecule has 0 saturated carbocycles. The van der Waals surface area contributed by atoms with Gasteiger partial charge in [-0.2, -0.15) is 0 Å². The maximum atomic E-state index is 12.9. The van der Waals surface area contributed by atoms with E-state index in [1.165, 1.54) is 11.5 Å². The number of hydrogen-bond donors (Lipinski definition) is 0. The lowest BCUT2D eigenvalue weighted by molar-refractivity contribution is 0.0707. The summed E-state index contributed by atoms with van der Waals surface area (Å²) in [5, 5.41) is 4.07. The van der Waals surface area contributed by atoms with Gasteiger partial charge in [0.15, 0.2) is 0 Å². The highest BCUT2D eigenvalue weighted by Gasteiger charge is 2.30. The molecule has 0 N–H and O–H groups in total. The van der Waals surface area contributed by atoms with Crippen molar-refractivity contribution in [1.82, 2.24) is 28.9 Å². The molecule has 3 heterocycles. The molecule has 2 aromatic rings. The van der Waals surface area contributed by atoms with Gasteiger partial charge >= 0.3 is 0 Å². The number of piperidine rings is 1. The Balaban J connectivity index is 1.71. The monoisotopic (exact) mass is 362 g/mol. The number of likely N-dealkylation sites (N-methyl/N-ethyl adjacent to an activating group) is 1. The molecule has 1 saturated heterocycles. The summed E-state index contributed by atoms with van der Waals surface area (Å²) in [7, 11) is 4.15. The van der Waals surface area contributed by atoms with Crippen LogP contribution in [0.5, 0.6) is 0 Å². The molecule has 1 atom stereocenters. The molecular weight excluding hydrogens is 336 g/mol. The molecule has 136 valence electrons. The number of rotatable bonds is 6. The third-order valence-corrected chi connectivity index (χ3v) is 5.45. The Morgan fingerprint density at radius 2 is 2.28 bits per heavy atom. The molecule has 0 aromatic carbocycles.